The fourth-order valence-electron chi connectivity index (χ4n) is 5.47. The van der Waals surface area contributed by atoms with Crippen LogP contribution >= 0.6 is 0 Å². The van der Waals surface area contributed by atoms with E-state index in [0.717, 1.165) is 25.7 Å². The molecule has 4 N–H and O–H groups in total. The Morgan fingerprint density at radius 1 is 1.00 bits per heavy atom. The molecule has 0 aromatic heterocycles. The van der Waals surface area contributed by atoms with E-state index in [9.17, 15) is 14.4 Å². The number of nitrogens with one attached hydrogen (secondary N) is 4. The minimum atomic E-state index is -0.771. The summed E-state index contributed by atoms with van der Waals surface area (Å²) in [6.07, 6.45) is 9.44. The first-order valence-corrected chi connectivity index (χ1v) is 12.5. The first-order valence-electron chi connectivity index (χ1n) is 12.5. The lowest BCUT2D eigenvalue weighted by Crippen LogP contribution is -2.58. The average Bonchev–Trinajstić information content (AvgIpc) is 2.78. The Kier molecular flexibility index (Phi) is 7.25. The SMILES string of the molecule is CC1(C)CCC(c2ccc(NC3CCC(CNC(=O)[C@H]4CC(=O)NC(=O)N4)CC3)cc2)CC1. The van der Waals surface area contributed by atoms with Gasteiger partial charge in [0.25, 0.3) is 0 Å². The van der Waals surface area contributed by atoms with Crippen molar-refractivity contribution in [2.45, 2.75) is 89.6 Å². The number of carbonyl (C=O) groups is 3. The zero-order valence-corrected chi connectivity index (χ0v) is 19.9. The Hall–Kier alpha value is -2.57. The van der Waals surface area contributed by atoms with Crippen molar-refractivity contribution in [2.75, 3.05) is 11.9 Å². The van der Waals surface area contributed by atoms with E-state index in [0.29, 0.717) is 29.8 Å². The molecule has 4 amide bonds. The standard InChI is InChI=1S/C26H38N4O3/c1-26(2)13-11-19(12-14-26)18-5-9-21(10-6-18)28-20-7-3-17(4-8-20)16-27-24(32)22-15-23(31)30-25(33)29-22/h5-6,9-10,17,19-20,22,28H,3-4,7-8,11-16H2,1-2H3,(H,27,32)(H2,29,30,31,33)/t17?,20?,22-/m1/s1. The van der Waals surface area contributed by atoms with Crippen LogP contribution in [0.15, 0.2) is 24.3 Å². The number of hydrogen-bond donors (Lipinski definition) is 4. The smallest absolute Gasteiger partial charge is 0.322 e. The first-order chi connectivity index (χ1) is 15.8. The lowest BCUT2D eigenvalue weighted by molar-refractivity contribution is -0.129. The Balaban J connectivity index is 1.17. The molecule has 1 aromatic rings. The van der Waals surface area contributed by atoms with E-state index in [2.05, 4.69) is 59.4 Å². The lowest BCUT2D eigenvalue weighted by atomic mass is 9.71. The summed E-state index contributed by atoms with van der Waals surface area (Å²) < 4.78 is 0. The quantitative estimate of drug-likeness (QED) is 0.521. The molecule has 7 heteroatoms. The average molecular weight is 455 g/mol. The maximum absolute atomic E-state index is 12.3. The summed E-state index contributed by atoms with van der Waals surface area (Å²) in [5.74, 6) is 0.438. The Morgan fingerprint density at radius 2 is 1.67 bits per heavy atom. The molecule has 4 rings (SSSR count). The van der Waals surface area contributed by atoms with Crippen LogP contribution in [0, 0.1) is 11.3 Å². The largest absolute Gasteiger partial charge is 0.382 e. The number of hydrogen-bond acceptors (Lipinski definition) is 4. The van der Waals surface area contributed by atoms with Crippen LogP contribution in [0.5, 0.6) is 0 Å². The highest BCUT2D eigenvalue weighted by atomic mass is 16.2. The molecule has 3 aliphatic rings. The molecule has 2 aliphatic carbocycles. The molecule has 1 aliphatic heterocycles. The number of anilines is 1. The second kappa shape index (κ2) is 10.1. The Labute approximate surface area is 196 Å². The van der Waals surface area contributed by atoms with Gasteiger partial charge in [-0.1, -0.05) is 26.0 Å². The van der Waals surface area contributed by atoms with Gasteiger partial charge in [-0.2, -0.15) is 0 Å². The van der Waals surface area contributed by atoms with Gasteiger partial charge in [-0.15, -0.1) is 0 Å². The zero-order chi connectivity index (χ0) is 23.4. The van der Waals surface area contributed by atoms with Gasteiger partial charge in [0.05, 0.1) is 6.42 Å². The third kappa shape index (κ3) is 6.49. The van der Waals surface area contributed by atoms with Crippen molar-refractivity contribution >= 4 is 23.5 Å². The maximum atomic E-state index is 12.3. The van der Waals surface area contributed by atoms with Crippen molar-refractivity contribution in [1.82, 2.24) is 16.0 Å². The second-order valence-electron chi connectivity index (χ2n) is 10.9. The van der Waals surface area contributed by atoms with E-state index in [1.165, 1.54) is 36.9 Å². The molecule has 1 heterocycles. The molecule has 1 saturated heterocycles. The topological polar surface area (TPSA) is 99.3 Å². The summed E-state index contributed by atoms with van der Waals surface area (Å²) in [6.45, 7) is 5.36. The second-order valence-corrected chi connectivity index (χ2v) is 10.9. The van der Waals surface area contributed by atoms with Crippen LogP contribution in [-0.2, 0) is 9.59 Å². The Bertz CT molecular complexity index is 833. The zero-order valence-electron chi connectivity index (χ0n) is 19.9. The van der Waals surface area contributed by atoms with Crippen LogP contribution in [0.3, 0.4) is 0 Å². The highest BCUT2D eigenvalue weighted by Crippen LogP contribution is 2.42. The van der Waals surface area contributed by atoms with E-state index in [1.807, 2.05) is 0 Å². The summed E-state index contributed by atoms with van der Waals surface area (Å²) in [4.78, 5) is 35.1. The van der Waals surface area contributed by atoms with Crippen molar-refractivity contribution in [3.63, 3.8) is 0 Å². The highest BCUT2D eigenvalue weighted by molar-refractivity contribution is 6.02. The first kappa shape index (κ1) is 23.6. The summed E-state index contributed by atoms with van der Waals surface area (Å²) in [5, 5.41) is 11.3. The number of imide groups is 1. The molecule has 1 atom stereocenters. The van der Waals surface area contributed by atoms with Crippen molar-refractivity contribution in [1.29, 1.82) is 0 Å². The molecule has 0 bridgehead atoms. The van der Waals surface area contributed by atoms with Crippen molar-refractivity contribution in [3.8, 4) is 0 Å². The summed E-state index contributed by atoms with van der Waals surface area (Å²) in [5.41, 5.74) is 3.17. The van der Waals surface area contributed by atoms with E-state index in [1.54, 1.807) is 0 Å². The molecule has 7 nitrogen and oxygen atoms in total. The predicted octanol–water partition coefficient (Wildman–Crippen LogP) is 4.06. The molecule has 0 unspecified atom stereocenters. The van der Waals surface area contributed by atoms with Gasteiger partial charge in [0.15, 0.2) is 0 Å². The number of benzene rings is 1. The monoisotopic (exact) mass is 454 g/mol. The normalized spacial score (nSPS) is 27.9. The fourth-order valence-corrected chi connectivity index (χ4v) is 5.47. The van der Waals surface area contributed by atoms with E-state index in [-0.39, 0.29) is 12.3 Å². The van der Waals surface area contributed by atoms with Gasteiger partial charge in [0.1, 0.15) is 6.04 Å². The minimum absolute atomic E-state index is 0.00818. The van der Waals surface area contributed by atoms with E-state index < -0.39 is 18.0 Å². The van der Waals surface area contributed by atoms with Gasteiger partial charge in [-0.05, 0) is 86.3 Å². The van der Waals surface area contributed by atoms with Crippen molar-refractivity contribution in [2.24, 2.45) is 11.3 Å². The molecular formula is C26H38N4O3. The van der Waals surface area contributed by atoms with Gasteiger partial charge < -0.3 is 16.0 Å². The molecule has 33 heavy (non-hydrogen) atoms. The van der Waals surface area contributed by atoms with Crippen LogP contribution in [0.1, 0.15) is 83.1 Å². The van der Waals surface area contributed by atoms with Crippen LogP contribution in [0.4, 0.5) is 10.5 Å². The summed E-state index contributed by atoms with van der Waals surface area (Å²) >= 11 is 0. The van der Waals surface area contributed by atoms with Gasteiger partial charge in [-0.3, -0.25) is 14.9 Å². The van der Waals surface area contributed by atoms with Gasteiger partial charge in [-0.25, -0.2) is 4.79 Å². The van der Waals surface area contributed by atoms with Crippen molar-refractivity contribution in [3.05, 3.63) is 29.8 Å². The molecule has 0 spiro atoms. The third-order valence-electron chi connectivity index (χ3n) is 7.77. The number of carbonyl (C=O) groups excluding carboxylic acids is 3. The van der Waals surface area contributed by atoms with Crippen LogP contribution in [-0.4, -0.2) is 36.5 Å². The van der Waals surface area contributed by atoms with Crippen molar-refractivity contribution < 1.29 is 14.4 Å². The van der Waals surface area contributed by atoms with Gasteiger partial charge >= 0.3 is 6.03 Å². The van der Waals surface area contributed by atoms with Gasteiger partial charge in [0, 0.05) is 18.3 Å². The van der Waals surface area contributed by atoms with Gasteiger partial charge in [0.2, 0.25) is 11.8 Å². The van der Waals surface area contributed by atoms with Crippen LogP contribution in [0.25, 0.3) is 0 Å². The third-order valence-corrected chi connectivity index (χ3v) is 7.77. The van der Waals surface area contributed by atoms with E-state index in [4.69, 9.17) is 0 Å². The van der Waals surface area contributed by atoms with Crippen LogP contribution in [0.2, 0.25) is 0 Å². The molecule has 3 fully saturated rings. The predicted molar refractivity (Wildman–Crippen MR) is 129 cm³/mol. The number of rotatable bonds is 6. The Morgan fingerprint density at radius 3 is 2.30 bits per heavy atom. The van der Waals surface area contributed by atoms with Crippen LogP contribution < -0.4 is 21.3 Å². The lowest BCUT2D eigenvalue weighted by Gasteiger charge is -2.34. The molecular weight excluding hydrogens is 416 g/mol. The number of amides is 4. The molecule has 180 valence electrons. The molecule has 2 saturated carbocycles. The molecule has 0 radical (unpaired) electrons. The maximum Gasteiger partial charge on any atom is 0.322 e. The fraction of sp³-hybridized carbons (Fsp3) is 0.654. The highest BCUT2D eigenvalue weighted by Gasteiger charge is 2.30. The number of urea groups is 1. The summed E-state index contributed by atoms with van der Waals surface area (Å²) in [6, 6.07) is 8.15. The summed E-state index contributed by atoms with van der Waals surface area (Å²) in [7, 11) is 0. The minimum Gasteiger partial charge on any atom is -0.382 e. The van der Waals surface area contributed by atoms with E-state index >= 15 is 0 Å². The molecule has 1 aromatic carbocycles.